The molecule has 6 N–H and O–H groups in total. The normalized spacial score (nSPS) is 16.7. The van der Waals surface area contributed by atoms with Crippen molar-refractivity contribution in [1.82, 2.24) is 20.5 Å². The lowest BCUT2D eigenvalue weighted by molar-refractivity contribution is -0.159. The highest BCUT2D eigenvalue weighted by Crippen LogP contribution is 2.29. The summed E-state index contributed by atoms with van der Waals surface area (Å²) < 4.78 is 5.64. The van der Waals surface area contributed by atoms with Crippen molar-refractivity contribution < 1.29 is 28.7 Å². The zero-order valence-corrected chi connectivity index (χ0v) is 29.1. The van der Waals surface area contributed by atoms with E-state index in [2.05, 4.69) is 20.9 Å². The maximum atomic E-state index is 14.2. The molecule has 0 radical (unpaired) electrons. The second-order valence-corrected chi connectivity index (χ2v) is 13.8. The highest BCUT2D eigenvalue weighted by atomic mass is 16.6. The number of amides is 4. The molecule has 1 aliphatic heterocycles. The van der Waals surface area contributed by atoms with Gasteiger partial charge in [0.2, 0.25) is 17.7 Å². The molecule has 0 spiro atoms. The lowest BCUT2D eigenvalue weighted by Gasteiger charge is -2.34. The number of rotatable bonds is 13. The minimum absolute atomic E-state index is 0.171. The average Bonchev–Trinajstić information content (AvgIpc) is 3.49. The first-order valence-corrected chi connectivity index (χ1v) is 17.0. The van der Waals surface area contributed by atoms with Crippen LogP contribution in [-0.2, 0) is 23.9 Å². The topological polar surface area (TPSA) is 176 Å². The number of fused-ring (bicyclic) bond motifs is 1. The van der Waals surface area contributed by atoms with Crippen LogP contribution < -0.4 is 21.7 Å². The van der Waals surface area contributed by atoms with E-state index in [1.165, 1.54) is 6.92 Å². The van der Waals surface area contributed by atoms with Crippen molar-refractivity contribution in [1.29, 1.82) is 0 Å². The maximum absolute atomic E-state index is 14.2. The van der Waals surface area contributed by atoms with Crippen LogP contribution in [0.4, 0.5) is 5.69 Å². The van der Waals surface area contributed by atoms with E-state index in [9.17, 15) is 24.0 Å². The highest BCUT2D eigenvalue weighted by molar-refractivity contribution is 5.98. The Morgan fingerprint density at radius 2 is 1.80 bits per heavy atom. The quantitative estimate of drug-likeness (QED) is 0.133. The number of esters is 1. The number of carbonyl (C=O) groups excluding carboxylic acids is 5. The van der Waals surface area contributed by atoms with Crippen molar-refractivity contribution in [3.63, 3.8) is 0 Å². The molecule has 4 amide bonds. The highest BCUT2D eigenvalue weighted by Gasteiger charge is 2.36. The number of aromatic nitrogens is 1. The molecule has 4 atom stereocenters. The zero-order valence-electron chi connectivity index (χ0n) is 29.1. The first-order chi connectivity index (χ1) is 23.3. The molecule has 1 aromatic heterocycles. The summed E-state index contributed by atoms with van der Waals surface area (Å²) in [5.74, 6) is -2.95. The number of benzene rings is 2. The Balaban J connectivity index is 1.56. The lowest BCUT2D eigenvalue weighted by Crippen LogP contribution is -2.56. The fourth-order valence-electron chi connectivity index (χ4n) is 6.21. The van der Waals surface area contributed by atoms with Crippen LogP contribution in [0.1, 0.15) is 88.6 Å². The van der Waals surface area contributed by atoms with E-state index in [0.717, 1.165) is 16.5 Å². The van der Waals surface area contributed by atoms with Crippen LogP contribution in [0.3, 0.4) is 0 Å². The number of anilines is 1. The van der Waals surface area contributed by atoms with Gasteiger partial charge in [0.05, 0.1) is 5.92 Å². The largest absolute Gasteiger partial charge is 0.458 e. The summed E-state index contributed by atoms with van der Waals surface area (Å²) in [5, 5.41) is 9.51. The number of hydrogen-bond donors (Lipinski definition) is 5. The molecule has 0 saturated carbocycles. The monoisotopic (exact) mass is 674 g/mol. The fourth-order valence-corrected chi connectivity index (χ4v) is 6.21. The predicted octanol–water partition coefficient (Wildman–Crippen LogP) is 4.22. The summed E-state index contributed by atoms with van der Waals surface area (Å²) in [6, 6.07) is 12.5. The summed E-state index contributed by atoms with van der Waals surface area (Å²) in [7, 11) is 0. The van der Waals surface area contributed by atoms with Gasteiger partial charge in [-0.15, -0.1) is 0 Å². The fraction of sp³-hybridized carbons (Fsp3) is 0.486. The number of aromatic amines is 1. The lowest BCUT2D eigenvalue weighted by atomic mass is 9.90. The molecule has 3 aromatic rings. The second kappa shape index (κ2) is 16.6. The summed E-state index contributed by atoms with van der Waals surface area (Å²) in [6.07, 6.45) is 4.60. The van der Waals surface area contributed by atoms with Gasteiger partial charge in [0.1, 0.15) is 17.7 Å². The van der Waals surface area contributed by atoms with E-state index < -0.39 is 41.4 Å². The van der Waals surface area contributed by atoms with Gasteiger partial charge in [-0.05, 0) is 89.2 Å². The van der Waals surface area contributed by atoms with E-state index in [4.69, 9.17) is 10.5 Å². The van der Waals surface area contributed by atoms with Crippen molar-refractivity contribution in [2.45, 2.75) is 90.3 Å². The summed E-state index contributed by atoms with van der Waals surface area (Å²) in [4.78, 5) is 71.2. The minimum Gasteiger partial charge on any atom is -0.458 e. The van der Waals surface area contributed by atoms with Crippen molar-refractivity contribution in [3.05, 3.63) is 65.9 Å². The molecule has 0 aliphatic carbocycles. The standard InChI is InChI=1S/C37H50N6O6/c1-23(29-21-39-30-16-7-6-15-28(29)30)32(34(46)41-31(17-8-9-18-38)36(48)49-37(3,4)5)42-33(45)26-13-11-19-43(22-26)35(47)25-12-10-14-27(20-25)40-24(2)44/h6-7,10,12,14-16,20-21,23,26,31-32,39H,8-9,11,13,17-19,22,38H2,1-5H3,(H,40,44)(H,41,46)(H,42,45)/t23-,26?,31-,32-/m0/s1. The molecule has 1 saturated heterocycles. The van der Waals surface area contributed by atoms with Crippen LogP contribution in [0, 0.1) is 5.92 Å². The number of nitrogens with two attached hydrogens (primary N) is 1. The number of nitrogens with one attached hydrogen (secondary N) is 4. The Morgan fingerprint density at radius 3 is 2.51 bits per heavy atom. The molecule has 1 aliphatic rings. The van der Waals surface area contributed by atoms with Crippen molar-refractivity contribution in [2.24, 2.45) is 11.7 Å². The van der Waals surface area contributed by atoms with Gasteiger partial charge >= 0.3 is 5.97 Å². The Kier molecular flexibility index (Phi) is 12.6. The Morgan fingerprint density at radius 1 is 1.04 bits per heavy atom. The zero-order chi connectivity index (χ0) is 35.7. The van der Waals surface area contributed by atoms with Gasteiger partial charge in [-0.3, -0.25) is 19.2 Å². The third-order valence-electron chi connectivity index (χ3n) is 8.66. The summed E-state index contributed by atoms with van der Waals surface area (Å²) in [5.41, 5.74) is 7.59. The number of carbonyl (C=O) groups is 5. The molecule has 2 heterocycles. The third kappa shape index (κ3) is 10.1. The van der Waals surface area contributed by atoms with Crippen LogP contribution in [0.15, 0.2) is 54.7 Å². The van der Waals surface area contributed by atoms with Crippen LogP contribution in [-0.4, -0.2) is 76.8 Å². The van der Waals surface area contributed by atoms with Gasteiger partial charge in [-0.25, -0.2) is 4.79 Å². The van der Waals surface area contributed by atoms with Crippen LogP contribution >= 0.6 is 0 Å². The number of ether oxygens (including phenoxy) is 1. The van der Waals surface area contributed by atoms with Crippen LogP contribution in [0.2, 0.25) is 0 Å². The Labute approximate surface area is 287 Å². The first kappa shape index (κ1) is 37.1. The number of nitrogens with zero attached hydrogens (tertiary/aromatic N) is 1. The second-order valence-electron chi connectivity index (χ2n) is 13.8. The Bertz CT molecular complexity index is 1650. The number of para-hydroxylation sites is 1. The van der Waals surface area contributed by atoms with Crippen LogP contribution in [0.5, 0.6) is 0 Å². The van der Waals surface area contributed by atoms with Crippen molar-refractivity contribution in [3.8, 4) is 0 Å². The number of likely N-dealkylation sites (tertiary alicyclic amines) is 1. The van der Waals surface area contributed by atoms with E-state index in [1.807, 2.05) is 37.4 Å². The molecule has 264 valence electrons. The number of unbranched alkanes of at least 4 members (excludes halogenated alkanes) is 1. The van der Waals surface area contributed by atoms with E-state index >= 15 is 0 Å². The summed E-state index contributed by atoms with van der Waals surface area (Å²) >= 11 is 0. The van der Waals surface area contributed by atoms with Gasteiger partial charge in [0.15, 0.2) is 0 Å². The molecule has 12 heteroatoms. The van der Waals surface area contributed by atoms with Gasteiger partial charge < -0.3 is 36.3 Å². The van der Waals surface area contributed by atoms with Gasteiger partial charge in [0.25, 0.3) is 5.91 Å². The molecular weight excluding hydrogens is 624 g/mol. The average molecular weight is 675 g/mol. The van der Waals surface area contributed by atoms with Gasteiger partial charge in [-0.2, -0.15) is 0 Å². The Hall–Kier alpha value is -4.71. The molecule has 12 nitrogen and oxygen atoms in total. The van der Waals surface area contributed by atoms with Crippen molar-refractivity contribution in [2.75, 3.05) is 25.0 Å². The van der Waals surface area contributed by atoms with E-state index in [1.54, 1.807) is 49.9 Å². The number of H-pyrrole nitrogens is 1. The molecule has 4 rings (SSSR count). The predicted molar refractivity (Wildman–Crippen MR) is 189 cm³/mol. The minimum atomic E-state index is -1.04. The smallest absolute Gasteiger partial charge is 0.329 e. The summed E-state index contributed by atoms with van der Waals surface area (Å²) in [6.45, 7) is 9.67. The van der Waals surface area contributed by atoms with Crippen LogP contribution in [0.25, 0.3) is 10.9 Å². The maximum Gasteiger partial charge on any atom is 0.329 e. The molecule has 1 fully saturated rings. The number of hydrogen-bond acceptors (Lipinski definition) is 7. The SMILES string of the molecule is CC(=O)Nc1cccc(C(=O)N2CCCC(C(=O)N[C@H](C(=O)N[C@@H](CCCCN)C(=O)OC(C)(C)C)[C@@H](C)c3c[nH]c4ccccc34)C2)c1. The third-order valence-corrected chi connectivity index (χ3v) is 8.66. The van der Waals surface area contributed by atoms with E-state index in [-0.39, 0.29) is 24.3 Å². The number of piperidine rings is 1. The molecule has 49 heavy (non-hydrogen) atoms. The van der Waals surface area contributed by atoms with Gasteiger partial charge in [0, 0.05) is 54.3 Å². The molecule has 0 bridgehead atoms. The van der Waals surface area contributed by atoms with E-state index in [0.29, 0.717) is 56.4 Å². The molecule has 2 aromatic carbocycles. The first-order valence-electron chi connectivity index (χ1n) is 17.0. The molecule has 1 unspecified atom stereocenters. The molecular formula is C37H50N6O6. The van der Waals surface area contributed by atoms with Crippen molar-refractivity contribution >= 4 is 46.2 Å². The van der Waals surface area contributed by atoms with Gasteiger partial charge in [-0.1, -0.05) is 31.2 Å².